The maximum Gasteiger partial charge on any atom is 0.306 e. The van der Waals surface area contributed by atoms with E-state index in [1.54, 1.807) is 6.33 Å². The second kappa shape index (κ2) is 5.36. The number of aromatic nitrogens is 3. The summed E-state index contributed by atoms with van der Waals surface area (Å²) in [5, 5.41) is 17.3. The Morgan fingerprint density at radius 3 is 2.70 bits per heavy atom. The standard InChI is InChI=1S/C14H14BrN3O2/c15-11-4-1-9(2-5-11)13-17-16-8-18(13)12-6-3-10(7-12)14(19)20/h1-2,4-5,8,10,12H,3,6-7H2,(H,19,20)/t10-,12+/m0/s1. The molecule has 0 unspecified atom stereocenters. The van der Waals surface area contributed by atoms with Crippen LogP contribution in [0.3, 0.4) is 0 Å². The van der Waals surface area contributed by atoms with E-state index < -0.39 is 5.97 Å². The molecule has 0 aliphatic heterocycles. The zero-order valence-electron chi connectivity index (χ0n) is 10.7. The van der Waals surface area contributed by atoms with E-state index in [1.165, 1.54) is 0 Å². The van der Waals surface area contributed by atoms with Gasteiger partial charge >= 0.3 is 5.97 Å². The first-order valence-corrected chi connectivity index (χ1v) is 7.32. The highest BCUT2D eigenvalue weighted by Gasteiger charge is 2.31. The Balaban J connectivity index is 1.87. The third-order valence-electron chi connectivity index (χ3n) is 3.82. The average Bonchev–Trinajstić information content (AvgIpc) is 3.08. The number of rotatable bonds is 3. The summed E-state index contributed by atoms with van der Waals surface area (Å²) < 4.78 is 3.02. The van der Waals surface area contributed by atoms with Gasteiger partial charge in [0.1, 0.15) is 6.33 Å². The van der Waals surface area contributed by atoms with Gasteiger partial charge in [0.15, 0.2) is 5.82 Å². The van der Waals surface area contributed by atoms with Crippen LogP contribution in [0.15, 0.2) is 35.1 Å². The van der Waals surface area contributed by atoms with Gasteiger partial charge in [0.05, 0.1) is 5.92 Å². The third-order valence-corrected chi connectivity index (χ3v) is 4.35. The first kappa shape index (κ1) is 13.3. The van der Waals surface area contributed by atoms with Gasteiger partial charge in [0.25, 0.3) is 0 Å². The van der Waals surface area contributed by atoms with E-state index in [0.29, 0.717) is 6.42 Å². The van der Waals surface area contributed by atoms with Crippen molar-refractivity contribution in [2.75, 3.05) is 0 Å². The molecule has 0 saturated heterocycles. The van der Waals surface area contributed by atoms with Crippen molar-refractivity contribution in [2.24, 2.45) is 5.92 Å². The Labute approximate surface area is 124 Å². The van der Waals surface area contributed by atoms with Crippen LogP contribution in [-0.2, 0) is 4.79 Å². The summed E-state index contributed by atoms with van der Waals surface area (Å²) in [6.07, 6.45) is 3.93. The fraction of sp³-hybridized carbons (Fsp3) is 0.357. The van der Waals surface area contributed by atoms with E-state index in [1.807, 2.05) is 28.8 Å². The van der Waals surface area contributed by atoms with E-state index in [2.05, 4.69) is 26.1 Å². The third kappa shape index (κ3) is 2.47. The number of hydrogen-bond donors (Lipinski definition) is 1. The molecular formula is C14H14BrN3O2. The first-order valence-electron chi connectivity index (χ1n) is 6.53. The van der Waals surface area contributed by atoms with Crippen molar-refractivity contribution in [1.29, 1.82) is 0 Å². The molecule has 1 aliphatic carbocycles. The molecule has 0 amide bonds. The van der Waals surface area contributed by atoms with Gasteiger partial charge in [0, 0.05) is 16.1 Å². The molecule has 5 nitrogen and oxygen atoms in total. The molecule has 1 aliphatic rings. The molecule has 0 radical (unpaired) electrons. The monoisotopic (exact) mass is 335 g/mol. The summed E-state index contributed by atoms with van der Waals surface area (Å²) in [5.41, 5.74) is 0.990. The number of hydrogen-bond acceptors (Lipinski definition) is 3. The van der Waals surface area contributed by atoms with Crippen LogP contribution in [0.2, 0.25) is 0 Å². The molecule has 2 aromatic rings. The smallest absolute Gasteiger partial charge is 0.306 e. The SMILES string of the molecule is O=C(O)[C@H]1CC[C@@H](n2cnnc2-c2ccc(Br)cc2)C1. The van der Waals surface area contributed by atoms with Crippen molar-refractivity contribution in [1.82, 2.24) is 14.8 Å². The lowest BCUT2D eigenvalue weighted by atomic mass is 10.1. The molecule has 1 saturated carbocycles. The van der Waals surface area contributed by atoms with Crippen molar-refractivity contribution in [3.05, 3.63) is 35.1 Å². The van der Waals surface area contributed by atoms with Crippen molar-refractivity contribution >= 4 is 21.9 Å². The number of aliphatic carboxylic acids is 1. The normalized spacial score (nSPS) is 22.1. The van der Waals surface area contributed by atoms with Crippen LogP contribution in [0.25, 0.3) is 11.4 Å². The highest BCUT2D eigenvalue weighted by Crippen LogP contribution is 2.36. The van der Waals surface area contributed by atoms with Crippen molar-refractivity contribution in [3.63, 3.8) is 0 Å². The molecule has 1 fully saturated rings. The van der Waals surface area contributed by atoms with Crippen LogP contribution in [0.4, 0.5) is 0 Å². The maximum absolute atomic E-state index is 11.1. The van der Waals surface area contributed by atoms with Gasteiger partial charge in [-0.15, -0.1) is 10.2 Å². The minimum Gasteiger partial charge on any atom is -0.481 e. The van der Waals surface area contributed by atoms with Crippen LogP contribution in [-0.4, -0.2) is 25.8 Å². The van der Waals surface area contributed by atoms with Crippen LogP contribution in [0.5, 0.6) is 0 Å². The van der Waals surface area contributed by atoms with Crippen LogP contribution in [0.1, 0.15) is 25.3 Å². The Kier molecular flexibility index (Phi) is 3.56. The summed E-state index contributed by atoms with van der Waals surface area (Å²) in [6, 6.07) is 8.05. The van der Waals surface area contributed by atoms with E-state index in [0.717, 1.165) is 28.7 Å². The highest BCUT2D eigenvalue weighted by molar-refractivity contribution is 9.10. The largest absolute Gasteiger partial charge is 0.481 e. The van der Waals surface area contributed by atoms with Crippen LogP contribution >= 0.6 is 15.9 Å². The van der Waals surface area contributed by atoms with E-state index in [4.69, 9.17) is 5.11 Å². The van der Waals surface area contributed by atoms with E-state index in [9.17, 15) is 4.79 Å². The lowest BCUT2D eigenvalue weighted by Crippen LogP contribution is -2.11. The van der Waals surface area contributed by atoms with Crippen molar-refractivity contribution < 1.29 is 9.90 Å². The molecule has 104 valence electrons. The fourth-order valence-electron chi connectivity index (χ4n) is 2.75. The zero-order chi connectivity index (χ0) is 14.1. The summed E-state index contributed by atoms with van der Waals surface area (Å²) in [6.45, 7) is 0. The van der Waals surface area contributed by atoms with Gasteiger partial charge in [-0.3, -0.25) is 4.79 Å². The summed E-state index contributed by atoms with van der Waals surface area (Å²) in [4.78, 5) is 11.1. The van der Waals surface area contributed by atoms with Gasteiger partial charge in [-0.2, -0.15) is 0 Å². The maximum atomic E-state index is 11.1. The molecule has 0 bridgehead atoms. The molecule has 20 heavy (non-hydrogen) atoms. The molecule has 6 heteroatoms. The molecule has 1 aromatic heterocycles. The highest BCUT2D eigenvalue weighted by atomic mass is 79.9. The second-order valence-electron chi connectivity index (χ2n) is 5.07. The summed E-state index contributed by atoms with van der Waals surface area (Å²) in [7, 11) is 0. The van der Waals surface area contributed by atoms with E-state index >= 15 is 0 Å². The number of carboxylic acid groups (broad SMARTS) is 1. The molecule has 3 rings (SSSR count). The minimum absolute atomic E-state index is 0.171. The average molecular weight is 336 g/mol. The Morgan fingerprint density at radius 2 is 2.05 bits per heavy atom. The van der Waals surface area contributed by atoms with Gasteiger partial charge in [0.2, 0.25) is 0 Å². The minimum atomic E-state index is -0.703. The molecular weight excluding hydrogens is 322 g/mol. The van der Waals surface area contributed by atoms with Crippen LogP contribution < -0.4 is 0 Å². The molecule has 1 heterocycles. The molecule has 0 spiro atoms. The summed E-state index contributed by atoms with van der Waals surface area (Å²) in [5.74, 6) is -0.153. The predicted octanol–water partition coefficient (Wildman–Crippen LogP) is 3.13. The summed E-state index contributed by atoms with van der Waals surface area (Å²) >= 11 is 3.41. The van der Waals surface area contributed by atoms with Gasteiger partial charge in [-0.25, -0.2) is 0 Å². The number of nitrogens with zero attached hydrogens (tertiary/aromatic N) is 3. The van der Waals surface area contributed by atoms with Crippen molar-refractivity contribution in [2.45, 2.75) is 25.3 Å². The Morgan fingerprint density at radius 1 is 1.30 bits per heavy atom. The molecule has 2 atom stereocenters. The van der Waals surface area contributed by atoms with Crippen molar-refractivity contribution in [3.8, 4) is 11.4 Å². The predicted molar refractivity (Wildman–Crippen MR) is 77.2 cm³/mol. The molecule has 1 N–H and O–H groups in total. The quantitative estimate of drug-likeness (QED) is 0.935. The van der Waals surface area contributed by atoms with Gasteiger partial charge in [-0.1, -0.05) is 28.1 Å². The first-order chi connectivity index (χ1) is 9.65. The molecule has 1 aromatic carbocycles. The zero-order valence-corrected chi connectivity index (χ0v) is 12.3. The second-order valence-corrected chi connectivity index (χ2v) is 5.99. The van der Waals surface area contributed by atoms with Crippen LogP contribution in [0, 0.1) is 5.92 Å². The number of carboxylic acids is 1. The number of benzene rings is 1. The van der Waals surface area contributed by atoms with E-state index in [-0.39, 0.29) is 12.0 Å². The van der Waals surface area contributed by atoms with Gasteiger partial charge < -0.3 is 9.67 Å². The number of halogens is 1. The number of carbonyl (C=O) groups is 1. The Bertz CT molecular complexity index is 624. The van der Waals surface area contributed by atoms with Gasteiger partial charge in [-0.05, 0) is 31.4 Å². The Hall–Kier alpha value is -1.69. The topological polar surface area (TPSA) is 68.0 Å². The fourth-order valence-corrected chi connectivity index (χ4v) is 3.01. The lowest BCUT2D eigenvalue weighted by Gasteiger charge is -2.14. The lowest BCUT2D eigenvalue weighted by molar-refractivity contribution is -0.141.